The molecule has 0 aliphatic heterocycles. The number of esters is 1. The van der Waals surface area contributed by atoms with E-state index in [1.54, 1.807) is 24.3 Å². The molecule has 1 amide bonds. The van der Waals surface area contributed by atoms with E-state index in [4.69, 9.17) is 16.3 Å². The Morgan fingerprint density at radius 3 is 2.28 bits per heavy atom. The lowest BCUT2D eigenvalue weighted by Gasteiger charge is -2.08. The number of ether oxygens (including phenoxy) is 1. The molecule has 0 aromatic heterocycles. The van der Waals surface area contributed by atoms with Crippen molar-refractivity contribution >= 4 is 34.9 Å². The third-order valence-corrected chi connectivity index (χ3v) is 4.23. The van der Waals surface area contributed by atoms with Gasteiger partial charge in [-0.15, -0.1) is 0 Å². The molecule has 0 atom stereocenters. The fourth-order valence-corrected chi connectivity index (χ4v) is 2.77. The lowest BCUT2D eigenvalue weighted by atomic mass is 10.0. The number of nitro benzene ring substituents is 1. The first-order valence-electron chi connectivity index (χ1n) is 8.50. The number of carbonyl (C=O) groups is 2. The van der Waals surface area contributed by atoms with E-state index in [0.29, 0.717) is 0 Å². The van der Waals surface area contributed by atoms with E-state index in [1.807, 2.05) is 30.3 Å². The summed E-state index contributed by atoms with van der Waals surface area (Å²) in [6, 6.07) is 20.2. The summed E-state index contributed by atoms with van der Waals surface area (Å²) in [5, 5.41) is 13.6. The molecule has 0 radical (unpaired) electrons. The van der Waals surface area contributed by atoms with Crippen LogP contribution in [0, 0.1) is 10.1 Å². The molecule has 3 aromatic carbocycles. The van der Waals surface area contributed by atoms with E-state index in [0.717, 1.165) is 11.1 Å². The summed E-state index contributed by atoms with van der Waals surface area (Å²) in [4.78, 5) is 34.5. The van der Waals surface area contributed by atoms with E-state index >= 15 is 0 Å². The molecule has 0 heterocycles. The Labute approximate surface area is 171 Å². The van der Waals surface area contributed by atoms with Gasteiger partial charge in [0.05, 0.1) is 10.5 Å². The summed E-state index contributed by atoms with van der Waals surface area (Å²) in [6.45, 7) is -0.594. The molecule has 0 aliphatic rings. The number of carbonyl (C=O) groups excluding carboxylic acids is 2. The van der Waals surface area contributed by atoms with Crippen molar-refractivity contribution in [1.29, 1.82) is 0 Å². The van der Waals surface area contributed by atoms with Crippen LogP contribution in [0.1, 0.15) is 10.4 Å². The lowest BCUT2D eigenvalue weighted by Crippen LogP contribution is -2.21. The zero-order valence-electron chi connectivity index (χ0n) is 15.0. The van der Waals surface area contributed by atoms with E-state index < -0.39 is 23.4 Å². The maximum absolute atomic E-state index is 12.1. The van der Waals surface area contributed by atoms with Gasteiger partial charge in [0.2, 0.25) is 0 Å². The fraction of sp³-hybridized carbons (Fsp3) is 0.0476. The molecule has 3 aromatic rings. The number of amides is 1. The minimum absolute atomic E-state index is 0.0734. The molecule has 29 heavy (non-hydrogen) atoms. The molecule has 3 rings (SSSR count). The topological polar surface area (TPSA) is 98.5 Å². The van der Waals surface area contributed by atoms with Gasteiger partial charge >= 0.3 is 5.97 Å². The molecule has 146 valence electrons. The van der Waals surface area contributed by atoms with E-state index in [2.05, 4.69) is 5.32 Å². The van der Waals surface area contributed by atoms with Gasteiger partial charge in [-0.2, -0.15) is 0 Å². The van der Waals surface area contributed by atoms with Crippen molar-refractivity contribution in [3.8, 4) is 11.1 Å². The van der Waals surface area contributed by atoms with Crippen LogP contribution in [0.5, 0.6) is 0 Å². The van der Waals surface area contributed by atoms with Gasteiger partial charge in [-0.05, 0) is 35.4 Å². The lowest BCUT2D eigenvalue weighted by molar-refractivity contribution is -0.383. The molecular weight excluding hydrogens is 396 g/mol. The number of nitro groups is 1. The van der Waals surface area contributed by atoms with Crippen LogP contribution >= 0.6 is 11.6 Å². The first-order chi connectivity index (χ1) is 13.9. The highest BCUT2D eigenvalue weighted by atomic mass is 35.5. The summed E-state index contributed by atoms with van der Waals surface area (Å²) in [7, 11) is 0. The molecule has 0 spiro atoms. The Balaban J connectivity index is 1.60. The average molecular weight is 411 g/mol. The summed E-state index contributed by atoms with van der Waals surface area (Å²) in [5.74, 6) is -1.40. The molecule has 8 heteroatoms. The average Bonchev–Trinajstić information content (AvgIpc) is 2.72. The molecule has 0 saturated carbocycles. The summed E-state index contributed by atoms with van der Waals surface area (Å²) in [5.41, 5.74) is 1.84. The minimum Gasteiger partial charge on any atom is -0.452 e. The Morgan fingerprint density at radius 2 is 1.62 bits per heavy atom. The number of hydrogen-bond donors (Lipinski definition) is 1. The maximum Gasteiger partial charge on any atom is 0.338 e. The van der Waals surface area contributed by atoms with Crippen molar-refractivity contribution < 1.29 is 19.2 Å². The van der Waals surface area contributed by atoms with Crippen molar-refractivity contribution in [2.24, 2.45) is 0 Å². The SMILES string of the molecule is O=C(COC(=O)c1ccc(-c2ccccc2)cc1)Nc1cc(Cl)ccc1[N+](=O)[O-]. The summed E-state index contributed by atoms with van der Waals surface area (Å²) >= 11 is 5.81. The van der Waals surface area contributed by atoms with Crippen molar-refractivity contribution in [3.63, 3.8) is 0 Å². The van der Waals surface area contributed by atoms with Crippen LogP contribution in [-0.4, -0.2) is 23.4 Å². The second-order valence-electron chi connectivity index (χ2n) is 5.99. The predicted molar refractivity (Wildman–Crippen MR) is 109 cm³/mol. The third kappa shape index (κ3) is 5.18. The van der Waals surface area contributed by atoms with Gasteiger partial charge in [-0.1, -0.05) is 54.1 Å². The summed E-state index contributed by atoms with van der Waals surface area (Å²) < 4.78 is 4.98. The highest BCUT2D eigenvalue weighted by Crippen LogP contribution is 2.27. The van der Waals surface area contributed by atoms with Gasteiger partial charge in [0.25, 0.3) is 11.6 Å². The van der Waals surface area contributed by atoms with Crippen LogP contribution in [0.15, 0.2) is 72.8 Å². The van der Waals surface area contributed by atoms with Gasteiger partial charge in [-0.25, -0.2) is 4.79 Å². The molecule has 0 saturated heterocycles. The van der Waals surface area contributed by atoms with Crippen LogP contribution in [0.4, 0.5) is 11.4 Å². The van der Waals surface area contributed by atoms with Crippen LogP contribution < -0.4 is 5.32 Å². The van der Waals surface area contributed by atoms with Crippen molar-refractivity contribution in [1.82, 2.24) is 0 Å². The van der Waals surface area contributed by atoms with Crippen LogP contribution in [-0.2, 0) is 9.53 Å². The second-order valence-corrected chi connectivity index (χ2v) is 6.42. The molecule has 0 aliphatic carbocycles. The minimum atomic E-state index is -0.718. The Morgan fingerprint density at radius 1 is 0.966 bits per heavy atom. The molecule has 1 N–H and O–H groups in total. The zero-order valence-corrected chi connectivity index (χ0v) is 15.8. The normalized spacial score (nSPS) is 10.2. The maximum atomic E-state index is 12.1. The van der Waals surface area contributed by atoms with Crippen molar-refractivity contribution in [2.45, 2.75) is 0 Å². The quantitative estimate of drug-likeness (QED) is 0.360. The first-order valence-corrected chi connectivity index (χ1v) is 8.88. The van der Waals surface area contributed by atoms with Crippen LogP contribution in [0.25, 0.3) is 11.1 Å². The number of benzene rings is 3. The molecule has 0 unspecified atom stereocenters. The monoisotopic (exact) mass is 410 g/mol. The standard InChI is InChI=1S/C21H15ClN2O5/c22-17-10-11-19(24(27)28)18(12-17)23-20(25)13-29-21(26)16-8-6-15(7-9-16)14-4-2-1-3-5-14/h1-12H,13H2,(H,23,25). The molecular formula is C21H15ClN2O5. The number of anilines is 1. The smallest absolute Gasteiger partial charge is 0.338 e. The number of halogens is 1. The predicted octanol–water partition coefficient (Wildman–Crippen LogP) is 4.71. The Hall–Kier alpha value is -3.71. The molecule has 0 fully saturated rings. The fourth-order valence-electron chi connectivity index (χ4n) is 2.60. The van der Waals surface area contributed by atoms with Crippen molar-refractivity contribution in [3.05, 3.63) is 93.5 Å². The van der Waals surface area contributed by atoms with Gasteiger partial charge < -0.3 is 10.1 Å². The van der Waals surface area contributed by atoms with Gasteiger partial charge in [0, 0.05) is 11.1 Å². The number of hydrogen-bond acceptors (Lipinski definition) is 5. The van der Waals surface area contributed by atoms with Crippen molar-refractivity contribution in [2.75, 3.05) is 11.9 Å². The highest BCUT2D eigenvalue weighted by Gasteiger charge is 2.17. The Bertz CT molecular complexity index is 1050. The number of nitrogens with zero attached hydrogens (tertiary/aromatic N) is 1. The number of nitrogens with one attached hydrogen (secondary N) is 1. The van der Waals surface area contributed by atoms with E-state index in [9.17, 15) is 19.7 Å². The number of rotatable bonds is 6. The first kappa shape index (κ1) is 20.0. The largest absolute Gasteiger partial charge is 0.452 e. The Kier molecular flexibility index (Phi) is 6.21. The van der Waals surface area contributed by atoms with E-state index in [1.165, 1.54) is 18.2 Å². The third-order valence-electron chi connectivity index (χ3n) is 3.99. The van der Waals surface area contributed by atoms with Crippen LogP contribution in [0.2, 0.25) is 5.02 Å². The molecule has 0 bridgehead atoms. The molecule has 7 nitrogen and oxygen atoms in total. The second kappa shape index (κ2) is 8.99. The van der Waals surface area contributed by atoms with Gasteiger partial charge in [-0.3, -0.25) is 14.9 Å². The summed E-state index contributed by atoms with van der Waals surface area (Å²) in [6.07, 6.45) is 0. The van der Waals surface area contributed by atoms with E-state index in [-0.39, 0.29) is 22.0 Å². The van der Waals surface area contributed by atoms with Gasteiger partial charge in [0.15, 0.2) is 6.61 Å². The zero-order chi connectivity index (χ0) is 20.8. The van der Waals surface area contributed by atoms with Gasteiger partial charge in [0.1, 0.15) is 5.69 Å². The highest BCUT2D eigenvalue weighted by molar-refractivity contribution is 6.31. The van der Waals surface area contributed by atoms with Crippen LogP contribution in [0.3, 0.4) is 0 Å².